The highest BCUT2D eigenvalue weighted by Crippen LogP contribution is 2.26. The molecule has 8 heteroatoms. The molecule has 0 radical (unpaired) electrons. The number of hydrogen-bond donors (Lipinski definition) is 1. The second-order valence-corrected chi connectivity index (χ2v) is 8.48. The van der Waals surface area contributed by atoms with Gasteiger partial charge in [0.25, 0.3) is 0 Å². The molecule has 3 aromatic rings. The molecule has 1 unspecified atom stereocenters. The van der Waals surface area contributed by atoms with Crippen LogP contribution >= 0.6 is 11.8 Å². The topological polar surface area (TPSA) is 69.0 Å². The zero-order valence-electron chi connectivity index (χ0n) is 18.4. The molecule has 0 aliphatic carbocycles. The highest BCUT2D eigenvalue weighted by molar-refractivity contribution is 7.99. The molecule has 1 aromatic heterocycles. The highest BCUT2D eigenvalue weighted by atomic mass is 32.2. The summed E-state index contributed by atoms with van der Waals surface area (Å²) in [6, 6.07) is 14.0. The van der Waals surface area contributed by atoms with Crippen molar-refractivity contribution >= 4 is 23.4 Å². The summed E-state index contributed by atoms with van der Waals surface area (Å²) in [5.41, 5.74) is 1.39. The number of para-hydroxylation sites is 1. The zero-order valence-corrected chi connectivity index (χ0v) is 19.2. The molecule has 0 saturated carbocycles. The van der Waals surface area contributed by atoms with E-state index in [1.165, 1.54) is 29.5 Å². The molecule has 168 valence electrons. The van der Waals surface area contributed by atoms with Gasteiger partial charge in [0.1, 0.15) is 11.6 Å². The number of nitrogens with one attached hydrogen (secondary N) is 1. The first-order valence-electron chi connectivity index (χ1n) is 10.4. The minimum Gasteiger partial charge on any atom is -0.483 e. The SMILES string of the molecule is C=CCn1c(SCC(=O)Nc2ccccc2F)nnc1C(C)Oc1ccc(C(C)C)cc1. The number of benzene rings is 2. The number of aromatic nitrogens is 3. The smallest absolute Gasteiger partial charge is 0.234 e. The molecular formula is C24H27FN4O2S. The van der Waals surface area contributed by atoms with Crippen LogP contribution in [0.5, 0.6) is 5.75 Å². The van der Waals surface area contributed by atoms with Crippen LogP contribution < -0.4 is 10.1 Å². The Morgan fingerprint density at radius 3 is 2.56 bits per heavy atom. The molecule has 1 amide bonds. The van der Waals surface area contributed by atoms with Gasteiger partial charge in [-0.2, -0.15) is 0 Å². The van der Waals surface area contributed by atoms with Crippen LogP contribution in [-0.2, 0) is 11.3 Å². The maximum atomic E-state index is 13.7. The molecule has 2 aromatic carbocycles. The van der Waals surface area contributed by atoms with Gasteiger partial charge in [-0.15, -0.1) is 16.8 Å². The Kier molecular flexibility index (Phi) is 8.05. The van der Waals surface area contributed by atoms with Gasteiger partial charge in [0.2, 0.25) is 5.91 Å². The molecule has 1 heterocycles. The van der Waals surface area contributed by atoms with Crippen molar-refractivity contribution in [1.82, 2.24) is 14.8 Å². The molecule has 0 spiro atoms. The van der Waals surface area contributed by atoms with Crippen LogP contribution in [0.3, 0.4) is 0 Å². The van der Waals surface area contributed by atoms with E-state index in [1.807, 2.05) is 23.6 Å². The van der Waals surface area contributed by atoms with Gasteiger partial charge in [-0.1, -0.05) is 56.0 Å². The molecule has 0 saturated heterocycles. The number of ether oxygens (including phenoxy) is 1. The van der Waals surface area contributed by atoms with E-state index in [2.05, 4.69) is 48.1 Å². The number of nitrogens with zero attached hydrogens (tertiary/aromatic N) is 3. The first kappa shape index (κ1) is 23.5. The Bertz CT molecular complexity index is 1070. The third kappa shape index (κ3) is 5.97. The van der Waals surface area contributed by atoms with Crippen LogP contribution in [0.15, 0.2) is 66.3 Å². The number of carbonyl (C=O) groups is 1. The van der Waals surface area contributed by atoms with Crippen molar-refractivity contribution in [2.45, 2.75) is 44.5 Å². The zero-order chi connectivity index (χ0) is 23.1. The van der Waals surface area contributed by atoms with E-state index in [0.717, 1.165) is 5.75 Å². The first-order valence-corrected chi connectivity index (χ1v) is 11.4. The monoisotopic (exact) mass is 454 g/mol. The van der Waals surface area contributed by atoms with Crippen molar-refractivity contribution in [3.8, 4) is 5.75 Å². The summed E-state index contributed by atoms with van der Waals surface area (Å²) >= 11 is 1.22. The average molecular weight is 455 g/mol. The minimum absolute atomic E-state index is 0.0650. The second-order valence-electron chi connectivity index (χ2n) is 7.54. The van der Waals surface area contributed by atoms with Gasteiger partial charge in [0, 0.05) is 6.54 Å². The number of carbonyl (C=O) groups excluding carboxylic acids is 1. The Morgan fingerprint density at radius 1 is 1.19 bits per heavy atom. The van der Waals surface area contributed by atoms with Gasteiger partial charge < -0.3 is 10.1 Å². The van der Waals surface area contributed by atoms with Crippen LogP contribution in [0.1, 0.15) is 44.2 Å². The van der Waals surface area contributed by atoms with E-state index in [9.17, 15) is 9.18 Å². The van der Waals surface area contributed by atoms with Gasteiger partial charge in [-0.05, 0) is 42.7 Å². The minimum atomic E-state index is -0.477. The lowest BCUT2D eigenvalue weighted by atomic mass is 10.0. The van der Waals surface area contributed by atoms with E-state index >= 15 is 0 Å². The lowest BCUT2D eigenvalue weighted by molar-refractivity contribution is -0.113. The van der Waals surface area contributed by atoms with Gasteiger partial charge in [0.15, 0.2) is 17.1 Å². The summed E-state index contributed by atoms with van der Waals surface area (Å²) in [5.74, 6) is 1.09. The predicted octanol–water partition coefficient (Wildman–Crippen LogP) is 5.60. The average Bonchev–Trinajstić information content (AvgIpc) is 3.17. The maximum Gasteiger partial charge on any atom is 0.234 e. The van der Waals surface area contributed by atoms with Crippen molar-refractivity contribution in [2.24, 2.45) is 0 Å². The molecule has 6 nitrogen and oxygen atoms in total. The lowest BCUT2D eigenvalue weighted by Gasteiger charge is -2.16. The summed E-state index contributed by atoms with van der Waals surface area (Å²) in [5, 5.41) is 11.6. The number of amides is 1. The van der Waals surface area contributed by atoms with Crippen LogP contribution in [0, 0.1) is 5.82 Å². The molecule has 1 N–H and O–H groups in total. The largest absolute Gasteiger partial charge is 0.483 e. The summed E-state index contributed by atoms with van der Waals surface area (Å²) in [4.78, 5) is 12.3. The molecule has 1 atom stereocenters. The van der Waals surface area contributed by atoms with Crippen molar-refractivity contribution in [3.05, 3.63) is 78.4 Å². The second kappa shape index (κ2) is 10.9. The standard InChI is InChI=1S/C24H27FN4O2S/c1-5-14-29-23(17(4)31-19-12-10-18(11-13-19)16(2)3)27-28-24(29)32-15-22(30)26-21-9-7-6-8-20(21)25/h5-13,16-17H,1,14-15H2,2-4H3,(H,26,30). The maximum absolute atomic E-state index is 13.7. The normalized spacial score (nSPS) is 11.9. The Balaban J connectivity index is 1.66. The van der Waals surface area contributed by atoms with Crippen molar-refractivity contribution < 1.29 is 13.9 Å². The van der Waals surface area contributed by atoms with Crippen molar-refractivity contribution in [3.63, 3.8) is 0 Å². The van der Waals surface area contributed by atoms with Crippen molar-refractivity contribution in [2.75, 3.05) is 11.1 Å². The third-order valence-electron chi connectivity index (χ3n) is 4.76. The third-order valence-corrected chi connectivity index (χ3v) is 5.73. The number of rotatable bonds is 10. The Labute approximate surface area is 191 Å². The van der Waals surface area contributed by atoms with Crippen LogP contribution in [-0.4, -0.2) is 26.4 Å². The molecule has 0 aliphatic heterocycles. The molecular weight excluding hydrogens is 427 g/mol. The van der Waals surface area contributed by atoms with E-state index in [-0.39, 0.29) is 23.5 Å². The van der Waals surface area contributed by atoms with Gasteiger partial charge in [-0.25, -0.2) is 4.39 Å². The quantitative estimate of drug-likeness (QED) is 0.319. The highest BCUT2D eigenvalue weighted by Gasteiger charge is 2.20. The van der Waals surface area contributed by atoms with Gasteiger partial charge >= 0.3 is 0 Å². The summed E-state index contributed by atoms with van der Waals surface area (Å²) < 4.78 is 21.7. The lowest BCUT2D eigenvalue weighted by Crippen LogP contribution is -2.16. The summed E-state index contributed by atoms with van der Waals surface area (Å²) in [6.07, 6.45) is 1.38. The van der Waals surface area contributed by atoms with E-state index in [0.29, 0.717) is 23.4 Å². The van der Waals surface area contributed by atoms with Crippen molar-refractivity contribution in [1.29, 1.82) is 0 Å². The number of allylic oxidation sites excluding steroid dienone is 1. The van der Waals surface area contributed by atoms with Crippen LogP contribution in [0.2, 0.25) is 0 Å². The number of thioether (sulfide) groups is 1. The fourth-order valence-corrected chi connectivity index (χ4v) is 3.83. The predicted molar refractivity (Wildman–Crippen MR) is 126 cm³/mol. The van der Waals surface area contributed by atoms with E-state index in [1.54, 1.807) is 18.2 Å². The summed E-state index contributed by atoms with van der Waals surface area (Å²) in [7, 11) is 0. The molecule has 32 heavy (non-hydrogen) atoms. The molecule has 3 rings (SSSR count). The Morgan fingerprint density at radius 2 is 1.91 bits per heavy atom. The summed E-state index contributed by atoms with van der Waals surface area (Å²) in [6.45, 7) is 10.5. The van der Waals surface area contributed by atoms with Crippen LogP contribution in [0.25, 0.3) is 0 Å². The fourth-order valence-electron chi connectivity index (χ4n) is 3.08. The Hall–Kier alpha value is -3.13. The van der Waals surface area contributed by atoms with Gasteiger partial charge in [0.05, 0.1) is 11.4 Å². The molecule has 0 aliphatic rings. The van der Waals surface area contributed by atoms with Gasteiger partial charge in [-0.3, -0.25) is 9.36 Å². The number of halogens is 1. The molecule has 0 bridgehead atoms. The molecule has 0 fully saturated rings. The number of hydrogen-bond acceptors (Lipinski definition) is 5. The van der Waals surface area contributed by atoms with E-state index < -0.39 is 5.82 Å². The number of anilines is 1. The fraction of sp³-hybridized carbons (Fsp3) is 0.292. The van der Waals surface area contributed by atoms with E-state index in [4.69, 9.17) is 4.74 Å². The van der Waals surface area contributed by atoms with Crippen LogP contribution in [0.4, 0.5) is 10.1 Å². The first-order chi connectivity index (χ1) is 15.4.